The van der Waals surface area contributed by atoms with Gasteiger partial charge in [-0.3, -0.25) is 0 Å². The SMILES string of the molecule is C/C=C\C=C(/C)c1ccc(Br)cc1.CC. The molecule has 0 N–H and O–H groups in total. The third kappa shape index (κ3) is 5.58. The Morgan fingerprint density at radius 3 is 2.13 bits per heavy atom. The minimum atomic E-state index is 1.12. The van der Waals surface area contributed by atoms with Gasteiger partial charge in [0.2, 0.25) is 0 Å². The van der Waals surface area contributed by atoms with E-state index in [1.54, 1.807) is 0 Å². The number of benzene rings is 1. The van der Waals surface area contributed by atoms with E-state index in [0.29, 0.717) is 0 Å². The summed E-state index contributed by atoms with van der Waals surface area (Å²) in [6.07, 6.45) is 6.20. The molecule has 0 aliphatic rings. The largest absolute Gasteiger partial charge is 0.0877 e. The van der Waals surface area contributed by atoms with E-state index in [1.165, 1.54) is 11.1 Å². The molecule has 0 atom stereocenters. The van der Waals surface area contributed by atoms with Crippen LogP contribution in [0.4, 0.5) is 0 Å². The second-order valence-corrected chi connectivity index (χ2v) is 3.80. The summed E-state index contributed by atoms with van der Waals surface area (Å²) in [6.45, 7) is 8.13. The van der Waals surface area contributed by atoms with Crippen LogP contribution in [0.25, 0.3) is 5.57 Å². The van der Waals surface area contributed by atoms with Gasteiger partial charge in [-0.1, -0.05) is 60.1 Å². The lowest BCUT2D eigenvalue weighted by molar-refractivity contribution is 1.50. The quantitative estimate of drug-likeness (QED) is 0.624. The summed E-state index contributed by atoms with van der Waals surface area (Å²) in [4.78, 5) is 0. The third-order valence-electron chi connectivity index (χ3n) is 1.84. The summed E-state index contributed by atoms with van der Waals surface area (Å²) in [5.74, 6) is 0. The standard InChI is InChI=1S/C12H13Br.C2H6/c1-3-4-5-10(2)11-6-8-12(13)9-7-11;1-2/h3-9H,1-2H3;1-2H3/b4-3-,10-5+;. The zero-order chi connectivity index (χ0) is 11.7. The van der Waals surface area contributed by atoms with Crippen molar-refractivity contribution in [3.05, 3.63) is 52.5 Å². The van der Waals surface area contributed by atoms with Gasteiger partial charge < -0.3 is 0 Å². The predicted octanol–water partition coefficient (Wildman–Crippen LogP) is 5.45. The Bertz CT molecular complexity index is 318. The summed E-state index contributed by atoms with van der Waals surface area (Å²) in [7, 11) is 0. The Balaban J connectivity index is 0.000000921. The highest BCUT2D eigenvalue weighted by Gasteiger charge is 1.92. The minimum Gasteiger partial charge on any atom is -0.0877 e. The first-order valence-corrected chi connectivity index (χ1v) is 6.09. The van der Waals surface area contributed by atoms with Crippen LogP contribution in [-0.4, -0.2) is 0 Å². The van der Waals surface area contributed by atoms with Crippen molar-refractivity contribution in [1.29, 1.82) is 0 Å². The van der Waals surface area contributed by atoms with Gasteiger partial charge in [0.25, 0.3) is 0 Å². The fourth-order valence-corrected chi connectivity index (χ4v) is 1.31. The lowest BCUT2D eigenvalue weighted by Gasteiger charge is -1.99. The van der Waals surface area contributed by atoms with Crippen molar-refractivity contribution in [2.75, 3.05) is 0 Å². The van der Waals surface area contributed by atoms with E-state index in [2.05, 4.69) is 59.3 Å². The average Bonchev–Trinajstić information content (AvgIpc) is 2.29. The molecule has 0 nitrogen and oxygen atoms in total. The van der Waals surface area contributed by atoms with E-state index in [0.717, 1.165) is 4.47 Å². The Kier molecular flexibility index (Phi) is 8.02. The Morgan fingerprint density at radius 2 is 1.67 bits per heavy atom. The molecule has 1 heteroatoms. The molecule has 1 aromatic carbocycles. The first-order chi connectivity index (χ1) is 7.24. The highest BCUT2D eigenvalue weighted by molar-refractivity contribution is 9.10. The van der Waals surface area contributed by atoms with Gasteiger partial charge >= 0.3 is 0 Å². The van der Waals surface area contributed by atoms with Gasteiger partial charge in [0, 0.05) is 4.47 Å². The van der Waals surface area contributed by atoms with Crippen molar-refractivity contribution in [1.82, 2.24) is 0 Å². The Labute approximate surface area is 102 Å². The molecular weight excluding hydrogens is 248 g/mol. The molecule has 0 aromatic heterocycles. The lowest BCUT2D eigenvalue weighted by Crippen LogP contribution is -1.77. The molecule has 0 heterocycles. The molecule has 0 bridgehead atoms. The molecule has 0 amide bonds. The average molecular weight is 267 g/mol. The molecule has 0 spiro atoms. The van der Waals surface area contributed by atoms with Crippen LogP contribution in [0.3, 0.4) is 0 Å². The maximum absolute atomic E-state index is 3.41. The van der Waals surface area contributed by atoms with Crippen molar-refractivity contribution in [3.63, 3.8) is 0 Å². The van der Waals surface area contributed by atoms with Gasteiger partial charge in [-0.15, -0.1) is 0 Å². The van der Waals surface area contributed by atoms with Crippen molar-refractivity contribution >= 4 is 21.5 Å². The zero-order valence-electron chi connectivity index (χ0n) is 9.92. The fraction of sp³-hybridized carbons (Fsp3) is 0.286. The van der Waals surface area contributed by atoms with Gasteiger partial charge in [-0.2, -0.15) is 0 Å². The third-order valence-corrected chi connectivity index (χ3v) is 2.37. The summed E-state index contributed by atoms with van der Waals surface area (Å²) in [6, 6.07) is 8.34. The first-order valence-electron chi connectivity index (χ1n) is 5.29. The molecule has 15 heavy (non-hydrogen) atoms. The normalized spacial score (nSPS) is 11.1. The van der Waals surface area contributed by atoms with Crippen LogP contribution in [0.5, 0.6) is 0 Å². The molecule has 0 aliphatic heterocycles. The van der Waals surface area contributed by atoms with E-state index in [4.69, 9.17) is 0 Å². The van der Waals surface area contributed by atoms with Gasteiger partial charge in [0.05, 0.1) is 0 Å². The number of hydrogen-bond acceptors (Lipinski definition) is 0. The number of allylic oxidation sites excluding steroid dienone is 4. The Hall–Kier alpha value is -0.820. The fourth-order valence-electron chi connectivity index (χ4n) is 1.05. The van der Waals surface area contributed by atoms with Crippen LogP contribution in [0, 0.1) is 0 Å². The maximum Gasteiger partial charge on any atom is 0.0175 e. The highest BCUT2D eigenvalue weighted by atomic mass is 79.9. The minimum absolute atomic E-state index is 1.12. The van der Waals surface area contributed by atoms with Gasteiger partial charge in [-0.05, 0) is 37.1 Å². The van der Waals surface area contributed by atoms with E-state index < -0.39 is 0 Å². The van der Waals surface area contributed by atoms with E-state index in [1.807, 2.05) is 26.8 Å². The van der Waals surface area contributed by atoms with Crippen LogP contribution in [0.2, 0.25) is 0 Å². The lowest BCUT2D eigenvalue weighted by atomic mass is 10.1. The van der Waals surface area contributed by atoms with Crippen LogP contribution in [0.15, 0.2) is 47.0 Å². The van der Waals surface area contributed by atoms with Gasteiger partial charge in [0.15, 0.2) is 0 Å². The highest BCUT2D eigenvalue weighted by Crippen LogP contribution is 2.17. The van der Waals surface area contributed by atoms with E-state index >= 15 is 0 Å². The summed E-state index contributed by atoms with van der Waals surface area (Å²) < 4.78 is 1.12. The van der Waals surface area contributed by atoms with Crippen LogP contribution >= 0.6 is 15.9 Å². The predicted molar refractivity (Wildman–Crippen MR) is 74.0 cm³/mol. The molecule has 1 rings (SSSR count). The van der Waals surface area contributed by atoms with Crippen molar-refractivity contribution in [2.24, 2.45) is 0 Å². The molecule has 1 aromatic rings. The van der Waals surface area contributed by atoms with Crippen molar-refractivity contribution in [3.8, 4) is 0 Å². The zero-order valence-corrected chi connectivity index (χ0v) is 11.5. The number of rotatable bonds is 2. The van der Waals surface area contributed by atoms with Gasteiger partial charge in [0.1, 0.15) is 0 Å². The summed E-state index contributed by atoms with van der Waals surface area (Å²) in [5, 5.41) is 0. The molecule has 0 saturated carbocycles. The van der Waals surface area contributed by atoms with Gasteiger partial charge in [-0.25, -0.2) is 0 Å². The summed E-state index contributed by atoms with van der Waals surface area (Å²) in [5.41, 5.74) is 2.55. The first kappa shape index (κ1) is 14.2. The number of hydrogen-bond donors (Lipinski definition) is 0. The smallest absolute Gasteiger partial charge is 0.0175 e. The van der Waals surface area contributed by atoms with Crippen molar-refractivity contribution < 1.29 is 0 Å². The molecular formula is C14H19Br. The van der Waals surface area contributed by atoms with Crippen LogP contribution in [0.1, 0.15) is 33.3 Å². The van der Waals surface area contributed by atoms with Crippen LogP contribution < -0.4 is 0 Å². The summed E-state index contributed by atoms with van der Waals surface area (Å²) >= 11 is 3.41. The molecule has 0 radical (unpaired) electrons. The molecule has 0 unspecified atom stereocenters. The maximum atomic E-state index is 3.41. The monoisotopic (exact) mass is 266 g/mol. The topological polar surface area (TPSA) is 0 Å². The van der Waals surface area contributed by atoms with E-state index in [-0.39, 0.29) is 0 Å². The molecule has 0 aliphatic carbocycles. The second kappa shape index (κ2) is 8.49. The van der Waals surface area contributed by atoms with Crippen molar-refractivity contribution in [2.45, 2.75) is 27.7 Å². The van der Waals surface area contributed by atoms with Crippen LogP contribution in [-0.2, 0) is 0 Å². The Morgan fingerprint density at radius 1 is 1.13 bits per heavy atom. The van der Waals surface area contributed by atoms with E-state index in [9.17, 15) is 0 Å². The number of halogens is 1. The molecule has 82 valence electrons. The second-order valence-electron chi connectivity index (χ2n) is 2.88. The molecule has 0 saturated heterocycles. The molecule has 0 fully saturated rings.